The van der Waals surface area contributed by atoms with Crippen LogP contribution in [0.25, 0.3) is 0 Å². The Labute approximate surface area is 160 Å². The Kier molecular flexibility index (Phi) is 5.52. The molecule has 140 valence electrons. The van der Waals surface area contributed by atoms with Gasteiger partial charge in [-0.05, 0) is 67.9 Å². The Bertz CT molecular complexity index is 782. The van der Waals surface area contributed by atoms with E-state index in [1.54, 1.807) is 24.5 Å². The second kappa shape index (κ2) is 8.38. The third kappa shape index (κ3) is 4.76. The molecule has 0 saturated heterocycles. The number of ether oxygens (including phenoxy) is 1. The van der Waals surface area contributed by atoms with E-state index in [1.807, 2.05) is 17.0 Å². The average Bonchev–Trinajstić information content (AvgIpc) is 3.57. The van der Waals surface area contributed by atoms with Crippen molar-refractivity contribution in [2.45, 2.75) is 44.7 Å². The molecule has 1 atom stereocenters. The minimum absolute atomic E-state index is 0.0885. The van der Waals surface area contributed by atoms with Gasteiger partial charge in [-0.15, -0.1) is 0 Å². The highest BCUT2D eigenvalue weighted by atomic mass is 16.5. The highest BCUT2D eigenvalue weighted by Gasteiger charge is 2.33. The third-order valence-corrected chi connectivity index (χ3v) is 5.32. The molecule has 1 heterocycles. The van der Waals surface area contributed by atoms with E-state index in [0.717, 1.165) is 43.6 Å². The van der Waals surface area contributed by atoms with E-state index in [0.29, 0.717) is 24.1 Å². The molecule has 2 aliphatic carbocycles. The van der Waals surface area contributed by atoms with E-state index in [1.165, 1.54) is 6.42 Å². The van der Waals surface area contributed by atoms with Gasteiger partial charge < -0.3 is 9.64 Å². The largest absolute Gasteiger partial charge is 0.493 e. The van der Waals surface area contributed by atoms with E-state index < -0.39 is 0 Å². The lowest BCUT2D eigenvalue weighted by atomic mass is 9.95. The quantitative estimate of drug-likeness (QED) is 0.675. The fourth-order valence-electron chi connectivity index (χ4n) is 3.52. The molecular weight excluding hydrogens is 336 g/mol. The molecule has 0 N–H and O–H groups in total. The van der Waals surface area contributed by atoms with E-state index >= 15 is 0 Å². The number of amides is 1. The highest BCUT2D eigenvalue weighted by molar-refractivity contribution is 5.94. The normalized spacial score (nSPS) is 18.9. The topological polar surface area (TPSA) is 42.4 Å². The van der Waals surface area contributed by atoms with Crippen molar-refractivity contribution < 1.29 is 9.53 Å². The van der Waals surface area contributed by atoms with Crippen molar-refractivity contribution in [2.24, 2.45) is 5.92 Å². The SMILES string of the molecule is O=C(c1ccncc1)N(Cc1ccc(OC[C@@H]2CC=CCC2)cc1)C1CC1. The van der Waals surface area contributed by atoms with Crippen LogP contribution >= 0.6 is 0 Å². The van der Waals surface area contributed by atoms with Crippen LogP contribution in [0.3, 0.4) is 0 Å². The van der Waals surface area contributed by atoms with Crippen molar-refractivity contribution in [3.63, 3.8) is 0 Å². The van der Waals surface area contributed by atoms with Gasteiger partial charge in [0.2, 0.25) is 0 Å². The molecule has 0 bridgehead atoms. The molecule has 1 aromatic carbocycles. The summed E-state index contributed by atoms with van der Waals surface area (Å²) >= 11 is 0. The molecule has 1 amide bonds. The summed E-state index contributed by atoms with van der Waals surface area (Å²) in [4.78, 5) is 18.8. The fourth-order valence-corrected chi connectivity index (χ4v) is 3.52. The van der Waals surface area contributed by atoms with Crippen molar-refractivity contribution in [2.75, 3.05) is 6.61 Å². The van der Waals surface area contributed by atoms with Gasteiger partial charge in [-0.25, -0.2) is 0 Å². The van der Waals surface area contributed by atoms with Crippen LogP contribution in [-0.2, 0) is 6.54 Å². The number of carbonyl (C=O) groups is 1. The Morgan fingerprint density at radius 1 is 1.04 bits per heavy atom. The summed E-state index contributed by atoms with van der Waals surface area (Å²) in [6.07, 6.45) is 13.5. The van der Waals surface area contributed by atoms with Crippen molar-refractivity contribution in [3.05, 3.63) is 72.1 Å². The standard InChI is InChI=1S/C23H26N2O2/c26-23(20-12-14-24-15-13-20)25(21-8-9-21)16-18-6-10-22(11-7-18)27-17-19-4-2-1-3-5-19/h1-2,6-7,10-15,19,21H,3-5,8-9,16-17H2/t19-/m1/s1. The predicted molar refractivity (Wildman–Crippen MR) is 106 cm³/mol. The monoisotopic (exact) mass is 362 g/mol. The van der Waals surface area contributed by atoms with Crippen LogP contribution < -0.4 is 4.74 Å². The average molecular weight is 362 g/mol. The minimum atomic E-state index is 0.0885. The molecule has 1 fully saturated rings. The van der Waals surface area contributed by atoms with Crippen molar-refractivity contribution in [3.8, 4) is 5.75 Å². The van der Waals surface area contributed by atoms with Gasteiger partial charge in [0, 0.05) is 30.5 Å². The number of aromatic nitrogens is 1. The number of nitrogens with zero attached hydrogens (tertiary/aromatic N) is 2. The third-order valence-electron chi connectivity index (χ3n) is 5.32. The fraction of sp³-hybridized carbons (Fsp3) is 0.391. The molecule has 4 nitrogen and oxygen atoms in total. The molecule has 1 saturated carbocycles. The Balaban J connectivity index is 1.36. The van der Waals surface area contributed by atoms with E-state index in [2.05, 4.69) is 29.3 Å². The molecule has 0 spiro atoms. The van der Waals surface area contributed by atoms with Gasteiger partial charge in [-0.1, -0.05) is 24.3 Å². The minimum Gasteiger partial charge on any atom is -0.493 e. The first-order valence-corrected chi connectivity index (χ1v) is 9.87. The summed E-state index contributed by atoms with van der Waals surface area (Å²) in [6.45, 7) is 1.41. The number of carbonyl (C=O) groups excluding carboxylic acids is 1. The van der Waals surface area contributed by atoms with E-state index in [9.17, 15) is 4.79 Å². The highest BCUT2D eigenvalue weighted by Crippen LogP contribution is 2.30. The molecule has 4 heteroatoms. The van der Waals surface area contributed by atoms with Crippen LogP contribution in [0.2, 0.25) is 0 Å². The number of allylic oxidation sites excluding steroid dienone is 2. The zero-order chi connectivity index (χ0) is 18.5. The van der Waals surface area contributed by atoms with Crippen LogP contribution in [0.1, 0.15) is 48.0 Å². The van der Waals surface area contributed by atoms with E-state index in [-0.39, 0.29) is 5.91 Å². The lowest BCUT2D eigenvalue weighted by molar-refractivity contribution is 0.0730. The van der Waals surface area contributed by atoms with Crippen molar-refractivity contribution in [1.82, 2.24) is 9.88 Å². The van der Waals surface area contributed by atoms with E-state index in [4.69, 9.17) is 4.74 Å². The van der Waals surface area contributed by atoms with Crippen molar-refractivity contribution in [1.29, 1.82) is 0 Å². The summed E-state index contributed by atoms with van der Waals surface area (Å²) in [6, 6.07) is 12.1. The maximum absolute atomic E-state index is 12.8. The van der Waals surface area contributed by atoms with Crippen LogP contribution in [0.4, 0.5) is 0 Å². The summed E-state index contributed by atoms with van der Waals surface area (Å²) < 4.78 is 5.96. The predicted octanol–water partition coefficient (Wildman–Crippen LogP) is 4.62. The lowest BCUT2D eigenvalue weighted by Gasteiger charge is -2.23. The molecule has 1 aromatic heterocycles. The first-order chi connectivity index (χ1) is 13.3. The van der Waals surface area contributed by atoms with Gasteiger partial charge in [0.05, 0.1) is 6.61 Å². The summed E-state index contributed by atoms with van der Waals surface area (Å²) in [5.41, 5.74) is 1.84. The molecule has 0 unspecified atom stereocenters. The zero-order valence-corrected chi connectivity index (χ0v) is 15.6. The van der Waals surface area contributed by atoms with Gasteiger partial charge in [0.1, 0.15) is 5.75 Å². The Morgan fingerprint density at radius 2 is 1.81 bits per heavy atom. The van der Waals surface area contributed by atoms with Gasteiger partial charge in [0.15, 0.2) is 0 Å². The van der Waals surface area contributed by atoms with Crippen LogP contribution in [0, 0.1) is 5.92 Å². The maximum Gasteiger partial charge on any atom is 0.254 e. The summed E-state index contributed by atoms with van der Waals surface area (Å²) in [5, 5.41) is 0. The van der Waals surface area contributed by atoms with Gasteiger partial charge in [-0.3, -0.25) is 9.78 Å². The maximum atomic E-state index is 12.8. The van der Waals surface area contributed by atoms with Gasteiger partial charge in [-0.2, -0.15) is 0 Å². The summed E-state index contributed by atoms with van der Waals surface area (Å²) in [7, 11) is 0. The van der Waals surface area contributed by atoms with Gasteiger partial charge in [0.25, 0.3) is 5.91 Å². The zero-order valence-electron chi connectivity index (χ0n) is 15.6. The number of hydrogen-bond acceptors (Lipinski definition) is 3. The smallest absolute Gasteiger partial charge is 0.254 e. The first kappa shape index (κ1) is 17.8. The van der Waals surface area contributed by atoms with Gasteiger partial charge >= 0.3 is 0 Å². The number of pyridine rings is 1. The Hall–Kier alpha value is -2.62. The van der Waals surface area contributed by atoms with Crippen LogP contribution in [0.15, 0.2) is 60.9 Å². The van der Waals surface area contributed by atoms with Crippen molar-refractivity contribution >= 4 is 5.91 Å². The second-order valence-electron chi connectivity index (χ2n) is 7.51. The molecule has 4 rings (SSSR count). The first-order valence-electron chi connectivity index (χ1n) is 9.87. The van der Waals surface area contributed by atoms with Crippen LogP contribution in [-0.4, -0.2) is 28.4 Å². The summed E-state index contributed by atoms with van der Waals surface area (Å²) in [5.74, 6) is 1.62. The molecule has 27 heavy (non-hydrogen) atoms. The Morgan fingerprint density at radius 3 is 2.48 bits per heavy atom. The number of benzene rings is 1. The number of hydrogen-bond donors (Lipinski definition) is 0. The molecule has 0 aliphatic heterocycles. The molecular formula is C23H26N2O2. The lowest BCUT2D eigenvalue weighted by Crippen LogP contribution is -2.32. The van der Waals surface area contributed by atoms with Crippen LogP contribution in [0.5, 0.6) is 5.75 Å². The number of rotatable bonds is 7. The molecule has 0 radical (unpaired) electrons. The molecule has 2 aliphatic rings. The molecule has 2 aromatic rings. The second-order valence-corrected chi connectivity index (χ2v) is 7.51.